The maximum atomic E-state index is 12.9. The number of hydrogen-bond acceptors (Lipinski definition) is 0. The van der Waals surface area contributed by atoms with Crippen LogP contribution in [0.2, 0.25) is 0 Å². The average molecular weight is 217 g/mol. The lowest BCUT2D eigenvalue weighted by molar-refractivity contribution is 0.611. The second-order valence-corrected chi connectivity index (χ2v) is 3.20. The van der Waals surface area contributed by atoms with E-state index in [2.05, 4.69) is 15.9 Å². The fourth-order valence-electron chi connectivity index (χ4n) is 0.963. The van der Waals surface area contributed by atoms with Crippen LogP contribution in [-0.4, -0.2) is 5.33 Å². The number of rotatable bonds is 1. The molecule has 0 nitrogen and oxygen atoms in total. The largest absolute Gasteiger partial charge is 0.211 e. The molecular formula is C9H10BrF. The molecule has 0 N–H and O–H groups in total. The average Bonchev–Trinajstić information content (AvgIpc) is 2.11. The molecule has 0 atom stereocenters. The highest BCUT2D eigenvalue weighted by atomic mass is 79.9. The van der Waals surface area contributed by atoms with Crippen molar-refractivity contribution in [1.29, 1.82) is 0 Å². The molecule has 1 rings (SSSR count). The molecule has 0 saturated carbocycles. The van der Waals surface area contributed by atoms with E-state index < -0.39 is 0 Å². The Kier molecular flexibility index (Phi) is 3.06. The summed E-state index contributed by atoms with van der Waals surface area (Å²) in [4.78, 5) is 0. The summed E-state index contributed by atoms with van der Waals surface area (Å²) in [5, 5.41) is 0.748. The van der Waals surface area contributed by atoms with E-state index in [0.717, 1.165) is 16.5 Å². The van der Waals surface area contributed by atoms with E-state index in [4.69, 9.17) is 0 Å². The molecule has 0 saturated heterocycles. The molecular weight excluding hydrogens is 207 g/mol. The molecule has 0 bridgehead atoms. The molecule has 0 aromatic carbocycles. The van der Waals surface area contributed by atoms with E-state index in [0.29, 0.717) is 6.42 Å². The molecule has 0 heterocycles. The maximum absolute atomic E-state index is 12.9. The Bertz CT molecular complexity index is 236. The predicted octanol–water partition coefficient (Wildman–Crippen LogP) is 3.51. The number of alkyl halides is 1. The van der Waals surface area contributed by atoms with Crippen molar-refractivity contribution in [2.24, 2.45) is 0 Å². The van der Waals surface area contributed by atoms with Gasteiger partial charge < -0.3 is 0 Å². The Morgan fingerprint density at radius 1 is 1.55 bits per heavy atom. The zero-order valence-electron chi connectivity index (χ0n) is 6.40. The fourth-order valence-corrected chi connectivity index (χ4v) is 1.35. The number of halogens is 2. The van der Waals surface area contributed by atoms with Gasteiger partial charge in [0, 0.05) is 11.8 Å². The molecule has 0 aliphatic heterocycles. The molecule has 1 aliphatic carbocycles. The van der Waals surface area contributed by atoms with Crippen molar-refractivity contribution in [3.63, 3.8) is 0 Å². The minimum Gasteiger partial charge on any atom is -0.211 e. The van der Waals surface area contributed by atoms with Crippen molar-refractivity contribution >= 4 is 15.9 Å². The van der Waals surface area contributed by atoms with Crippen molar-refractivity contribution in [1.82, 2.24) is 0 Å². The van der Waals surface area contributed by atoms with Crippen LogP contribution in [0.5, 0.6) is 0 Å². The summed E-state index contributed by atoms with van der Waals surface area (Å²) in [6.07, 6.45) is 5.92. The molecule has 0 aromatic heterocycles. The normalized spacial score (nSPS) is 18.3. The third kappa shape index (κ3) is 2.62. The van der Waals surface area contributed by atoms with Crippen molar-refractivity contribution in [3.8, 4) is 0 Å². The molecule has 1 aliphatic rings. The second kappa shape index (κ2) is 3.86. The van der Waals surface area contributed by atoms with Gasteiger partial charge in [-0.2, -0.15) is 0 Å². The van der Waals surface area contributed by atoms with E-state index >= 15 is 0 Å². The van der Waals surface area contributed by atoms with Crippen LogP contribution in [0, 0.1) is 0 Å². The van der Waals surface area contributed by atoms with Gasteiger partial charge in [0.15, 0.2) is 0 Å². The molecule has 0 amide bonds. The zero-order valence-corrected chi connectivity index (χ0v) is 7.99. The minimum absolute atomic E-state index is 0.0537. The van der Waals surface area contributed by atoms with E-state index in [9.17, 15) is 4.39 Å². The lowest BCUT2D eigenvalue weighted by atomic mass is 10.2. The third-order valence-electron chi connectivity index (χ3n) is 1.53. The molecule has 0 spiro atoms. The smallest absolute Gasteiger partial charge is 0.104 e. The van der Waals surface area contributed by atoms with Gasteiger partial charge >= 0.3 is 0 Å². The Hall–Kier alpha value is -0.370. The van der Waals surface area contributed by atoms with Crippen LogP contribution in [0.3, 0.4) is 0 Å². The van der Waals surface area contributed by atoms with Crippen LogP contribution in [0.1, 0.15) is 13.3 Å². The highest BCUT2D eigenvalue weighted by molar-refractivity contribution is 9.09. The summed E-state index contributed by atoms with van der Waals surface area (Å²) in [5.41, 5.74) is 2.05. The van der Waals surface area contributed by atoms with Crippen LogP contribution < -0.4 is 0 Å². The SMILES string of the molecule is CC1=CC=C(CBr)CC(F)=C1. The summed E-state index contributed by atoms with van der Waals surface area (Å²) in [5.74, 6) is -0.0537. The standard InChI is InChI=1S/C9H10BrF/c1-7-2-3-8(6-10)5-9(11)4-7/h2-4H,5-6H2,1H3. The first-order valence-electron chi connectivity index (χ1n) is 3.50. The maximum Gasteiger partial charge on any atom is 0.104 e. The number of allylic oxidation sites excluding steroid dienone is 6. The van der Waals surface area contributed by atoms with Gasteiger partial charge in [-0.05, 0) is 18.6 Å². The van der Waals surface area contributed by atoms with Crippen LogP contribution in [-0.2, 0) is 0 Å². The van der Waals surface area contributed by atoms with Gasteiger partial charge in [0.2, 0.25) is 0 Å². The Morgan fingerprint density at radius 2 is 2.27 bits per heavy atom. The zero-order chi connectivity index (χ0) is 8.27. The monoisotopic (exact) mass is 216 g/mol. The highest BCUT2D eigenvalue weighted by Crippen LogP contribution is 2.19. The van der Waals surface area contributed by atoms with E-state index in [1.807, 2.05) is 19.1 Å². The lowest BCUT2D eigenvalue weighted by Crippen LogP contribution is -1.83. The topological polar surface area (TPSA) is 0 Å². The minimum atomic E-state index is -0.0537. The first-order valence-corrected chi connectivity index (χ1v) is 4.63. The summed E-state index contributed by atoms with van der Waals surface area (Å²) in [6.45, 7) is 1.90. The Labute approximate surface area is 74.6 Å². The Morgan fingerprint density at radius 3 is 2.91 bits per heavy atom. The Balaban J connectivity index is 2.85. The lowest BCUT2D eigenvalue weighted by Gasteiger charge is -1.96. The quantitative estimate of drug-likeness (QED) is 0.589. The summed E-state index contributed by atoms with van der Waals surface area (Å²) in [6, 6.07) is 0. The molecule has 0 unspecified atom stereocenters. The van der Waals surface area contributed by atoms with Crippen LogP contribution in [0.15, 0.2) is 35.2 Å². The fraction of sp³-hybridized carbons (Fsp3) is 0.333. The van der Waals surface area contributed by atoms with Gasteiger partial charge in [0.25, 0.3) is 0 Å². The van der Waals surface area contributed by atoms with E-state index in [1.165, 1.54) is 0 Å². The summed E-state index contributed by atoms with van der Waals surface area (Å²) in [7, 11) is 0. The van der Waals surface area contributed by atoms with Crippen molar-refractivity contribution in [2.45, 2.75) is 13.3 Å². The van der Waals surface area contributed by atoms with Gasteiger partial charge in [0.1, 0.15) is 5.83 Å². The molecule has 0 aromatic rings. The van der Waals surface area contributed by atoms with Crippen LogP contribution in [0.25, 0.3) is 0 Å². The molecule has 60 valence electrons. The van der Waals surface area contributed by atoms with Crippen LogP contribution in [0.4, 0.5) is 4.39 Å². The van der Waals surface area contributed by atoms with Crippen molar-refractivity contribution in [3.05, 3.63) is 35.2 Å². The first-order chi connectivity index (χ1) is 5.22. The van der Waals surface area contributed by atoms with E-state index in [-0.39, 0.29) is 5.83 Å². The van der Waals surface area contributed by atoms with Gasteiger partial charge in [0.05, 0.1) is 0 Å². The second-order valence-electron chi connectivity index (χ2n) is 2.64. The van der Waals surface area contributed by atoms with Crippen LogP contribution >= 0.6 is 15.9 Å². The highest BCUT2D eigenvalue weighted by Gasteiger charge is 2.02. The van der Waals surface area contributed by atoms with Gasteiger partial charge in [-0.3, -0.25) is 0 Å². The molecule has 11 heavy (non-hydrogen) atoms. The predicted molar refractivity (Wildman–Crippen MR) is 49.4 cm³/mol. The van der Waals surface area contributed by atoms with Gasteiger partial charge in [-0.25, -0.2) is 4.39 Å². The summed E-state index contributed by atoms with van der Waals surface area (Å²) < 4.78 is 12.9. The first kappa shape index (κ1) is 8.72. The molecule has 2 heteroatoms. The van der Waals surface area contributed by atoms with Crippen molar-refractivity contribution in [2.75, 3.05) is 5.33 Å². The van der Waals surface area contributed by atoms with E-state index in [1.54, 1.807) is 6.08 Å². The number of hydrogen-bond donors (Lipinski definition) is 0. The third-order valence-corrected chi connectivity index (χ3v) is 2.25. The molecule has 0 radical (unpaired) electrons. The molecule has 0 fully saturated rings. The van der Waals surface area contributed by atoms with Gasteiger partial charge in [-0.15, -0.1) is 0 Å². The van der Waals surface area contributed by atoms with Crippen molar-refractivity contribution < 1.29 is 4.39 Å². The summed E-state index contributed by atoms with van der Waals surface area (Å²) >= 11 is 3.30. The van der Waals surface area contributed by atoms with Gasteiger partial charge in [-0.1, -0.05) is 33.7 Å².